The average molecular weight is 598 g/mol. The van der Waals surface area contributed by atoms with E-state index in [0.29, 0.717) is 54.3 Å². The third kappa shape index (κ3) is 6.42. The van der Waals surface area contributed by atoms with E-state index in [0.717, 1.165) is 51.4 Å². The number of carbonyl (C=O) groups excluding carboxylic acids is 1. The van der Waals surface area contributed by atoms with Gasteiger partial charge < -0.3 is 15.5 Å². The first-order chi connectivity index (χ1) is 19.0. The van der Waals surface area contributed by atoms with E-state index in [1.807, 2.05) is 13.8 Å². The molecule has 13 atom stereocenters. The van der Waals surface area contributed by atoms with Crippen molar-refractivity contribution in [2.24, 2.45) is 64.1 Å². The van der Waals surface area contributed by atoms with E-state index in [-0.39, 0.29) is 40.8 Å². The van der Waals surface area contributed by atoms with E-state index in [9.17, 15) is 28.0 Å². The summed E-state index contributed by atoms with van der Waals surface area (Å²) < 4.78 is 32.3. The van der Waals surface area contributed by atoms with Crippen LogP contribution < -0.4 is 5.32 Å². The van der Waals surface area contributed by atoms with Gasteiger partial charge in [-0.15, -0.1) is 0 Å². The fraction of sp³-hybridized carbons (Fsp3) is 0.970. The van der Waals surface area contributed by atoms with Gasteiger partial charge in [-0.1, -0.05) is 54.9 Å². The summed E-state index contributed by atoms with van der Waals surface area (Å²) in [6.07, 6.45) is 8.16. The van der Waals surface area contributed by atoms with Crippen molar-refractivity contribution in [1.29, 1.82) is 0 Å². The normalized spacial score (nSPS) is 44.0. The summed E-state index contributed by atoms with van der Waals surface area (Å²) in [6.45, 7) is 15.8. The van der Waals surface area contributed by atoms with Crippen molar-refractivity contribution in [2.45, 2.75) is 131 Å². The van der Waals surface area contributed by atoms with Gasteiger partial charge in [0.15, 0.2) is 0 Å². The Kier molecular flexibility index (Phi) is 10.0. The van der Waals surface area contributed by atoms with Gasteiger partial charge in [-0.2, -0.15) is 8.42 Å². The maximum Gasteiger partial charge on any atom is 0.266 e. The molecule has 13 unspecified atom stereocenters. The van der Waals surface area contributed by atoms with Crippen LogP contribution in [0.3, 0.4) is 0 Å². The number of carbonyl (C=O) groups is 1. The molecule has 4 aliphatic rings. The van der Waals surface area contributed by atoms with E-state index in [4.69, 9.17) is 0 Å². The van der Waals surface area contributed by atoms with Crippen LogP contribution in [0.2, 0.25) is 0 Å². The minimum atomic E-state index is -4.17. The molecule has 4 saturated carbocycles. The molecule has 0 aromatic carbocycles. The molecule has 0 aliphatic heterocycles. The molecule has 4 aliphatic carbocycles. The van der Waals surface area contributed by atoms with Crippen molar-refractivity contribution in [2.75, 3.05) is 5.75 Å². The Morgan fingerprint density at radius 1 is 1.02 bits per heavy atom. The topological polar surface area (TPSA) is 124 Å². The second kappa shape index (κ2) is 12.4. The largest absolute Gasteiger partial charge is 0.393 e. The van der Waals surface area contributed by atoms with Gasteiger partial charge in [0.2, 0.25) is 5.91 Å². The monoisotopic (exact) mass is 597 g/mol. The highest BCUT2D eigenvalue weighted by Crippen LogP contribution is 2.71. The third-order valence-electron chi connectivity index (χ3n) is 13.1. The first kappa shape index (κ1) is 33.2. The van der Waals surface area contributed by atoms with Gasteiger partial charge >= 0.3 is 0 Å². The average Bonchev–Trinajstić information content (AvgIpc) is 3.21. The van der Waals surface area contributed by atoms with Crippen LogP contribution in [0.25, 0.3) is 0 Å². The summed E-state index contributed by atoms with van der Waals surface area (Å²) in [5, 5.41) is 25.4. The molecule has 0 heterocycles. The molecule has 0 aromatic rings. The molecule has 4 rings (SSSR count). The van der Waals surface area contributed by atoms with Crippen LogP contribution >= 0.6 is 0 Å². The summed E-state index contributed by atoms with van der Waals surface area (Å²) in [7, 11) is -4.17. The molecule has 238 valence electrons. The SMILES string of the molecule is CCC1C(O)C2C(CC(C)C3(C)C(C(C)CCC(=O)NC(CC(C)C)CS(=O)(=O)O)CCC23)C2(C)CCC(O)CC12. The highest BCUT2D eigenvalue weighted by molar-refractivity contribution is 7.85. The van der Waals surface area contributed by atoms with Crippen molar-refractivity contribution in [3.05, 3.63) is 0 Å². The van der Waals surface area contributed by atoms with E-state index in [1.54, 1.807) is 0 Å². The van der Waals surface area contributed by atoms with Crippen molar-refractivity contribution < 1.29 is 28.0 Å². The predicted octanol–water partition coefficient (Wildman–Crippen LogP) is 5.69. The Morgan fingerprint density at radius 2 is 1.71 bits per heavy atom. The maximum absolute atomic E-state index is 12.9. The van der Waals surface area contributed by atoms with Gasteiger partial charge in [0, 0.05) is 12.5 Å². The second-order valence-electron chi connectivity index (χ2n) is 15.7. The van der Waals surface area contributed by atoms with Crippen LogP contribution in [-0.2, 0) is 14.9 Å². The lowest BCUT2D eigenvalue weighted by molar-refractivity contribution is -0.215. The Balaban J connectivity index is 1.47. The number of aliphatic hydroxyl groups is 2. The Morgan fingerprint density at radius 3 is 2.32 bits per heavy atom. The van der Waals surface area contributed by atoms with E-state index < -0.39 is 21.9 Å². The van der Waals surface area contributed by atoms with Crippen LogP contribution in [0, 0.1) is 64.1 Å². The molecule has 0 saturated heterocycles. The molecule has 0 radical (unpaired) electrons. The van der Waals surface area contributed by atoms with Crippen molar-refractivity contribution in [3.8, 4) is 0 Å². The minimum absolute atomic E-state index is 0.110. The third-order valence-corrected chi connectivity index (χ3v) is 13.9. The number of fused-ring (bicyclic) bond motifs is 5. The highest BCUT2D eigenvalue weighted by Gasteiger charge is 2.66. The summed E-state index contributed by atoms with van der Waals surface area (Å²) in [5.41, 5.74) is 0.286. The van der Waals surface area contributed by atoms with E-state index in [1.165, 1.54) is 0 Å². The lowest BCUT2D eigenvalue weighted by atomic mass is 9.40. The van der Waals surface area contributed by atoms with Crippen molar-refractivity contribution >= 4 is 16.0 Å². The molecule has 0 spiro atoms. The molecule has 41 heavy (non-hydrogen) atoms. The first-order valence-corrected chi connectivity index (χ1v) is 18.2. The highest BCUT2D eigenvalue weighted by atomic mass is 32.2. The van der Waals surface area contributed by atoms with Crippen LogP contribution in [0.15, 0.2) is 0 Å². The molecule has 7 nitrogen and oxygen atoms in total. The van der Waals surface area contributed by atoms with Gasteiger partial charge in [0.1, 0.15) is 0 Å². The van der Waals surface area contributed by atoms with Crippen molar-refractivity contribution in [3.63, 3.8) is 0 Å². The molecule has 1 amide bonds. The van der Waals surface area contributed by atoms with E-state index in [2.05, 4.69) is 39.9 Å². The van der Waals surface area contributed by atoms with Gasteiger partial charge in [0.25, 0.3) is 10.1 Å². The van der Waals surface area contributed by atoms with Crippen molar-refractivity contribution in [1.82, 2.24) is 5.32 Å². The lowest BCUT2D eigenvalue weighted by Gasteiger charge is -2.66. The standard InChI is InChI=1S/C33H59NO6S/c1-8-24-27-17-23(35)13-14-32(27,6)28-16-21(5)33(7)25(10-11-26(33)30(28)31(24)37)20(4)9-12-29(36)34-22(15-19(2)3)18-41(38,39)40/h19-28,30-31,35,37H,8-18H2,1-7H3,(H,34,36)(H,38,39,40). The molecule has 4 fully saturated rings. The van der Waals surface area contributed by atoms with Gasteiger partial charge in [-0.3, -0.25) is 9.35 Å². The molecule has 0 bridgehead atoms. The number of nitrogens with one attached hydrogen (secondary N) is 1. The number of rotatable bonds is 10. The van der Waals surface area contributed by atoms with Gasteiger partial charge in [0.05, 0.1) is 18.0 Å². The fourth-order valence-electron chi connectivity index (χ4n) is 11.1. The van der Waals surface area contributed by atoms with Gasteiger partial charge in [-0.25, -0.2) is 0 Å². The van der Waals surface area contributed by atoms with E-state index >= 15 is 0 Å². The Bertz CT molecular complexity index is 1030. The van der Waals surface area contributed by atoms with Gasteiger partial charge in [-0.05, 0) is 115 Å². The smallest absolute Gasteiger partial charge is 0.266 e. The zero-order valence-electron chi connectivity index (χ0n) is 26.7. The molecular weight excluding hydrogens is 538 g/mol. The van der Waals surface area contributed by atoms with Crippen LogP contribution in [0.5, 0.6) is 0 Å². The first-order valence-electron chi connectivity index (χ1n) is 16.6. The summed E-state index contributed by atoms with van der Waals surface area (Å²) in [6, 6.07) is -0.582. The Hall–Kier alpha value is -0.700. The summed E-state index contributed by atoms with van der Waals surface area (Å²) in [4.78, 5) is 12.9. The Labute approximate surface area is 249 Å². The second-order valence-corrected chi connectivity index (χ2v) is 17.2. The molecular formula is C33H59NO6S. The summed E-state index contributed by atoms with van der Waals surface area (Å²) >= 11 is 0. The fourth-order valence-corrected chi connectivity index (χ4v) is 11.8. The quantitative estimate of drug-likeness (QED) is 0.240. The lowest BCUT2D eigenvalue weighted by Crippen LogP contribution is -2.63. The van der Waals surface area contributed by atoms with Crippen LogP contribution in [-0.4, -0.2) is 53.1 Å². The zero-order valence-corrected chi connectivity index (χ0v) is 27.5. The number of amides is 1. The molecule has 8 heteroatoms. The summed E-state index contributed by atoms with van der Waals surface area (Å²) in [5.74, 6) is 2.85. The zero-order chi connectivity index (χ0) is 30.5. The number of hydrogen-bond donors (Lipinski definition) is 4. The molecule has 0 aromatic heterocycles. The maximum atomic E-state index is 12.9. The van der Waals surface area contributed by atoms with Crippen LogP contribution in [0.4, 0.5) is 0 Å². The predicted molar refractivity (Wildman–Crippen MR) is 163 cm³/mol. The molecule has 4 N–H and O–H groups in total. The minimum Gasteiger partial charge on any atom is -0.393 e. The number of aliphatic hydroxyl groups excluding tert-OH is 2. The number of hydrogen-bond acceptors (Lipinski definition) is 5. The van der Waals surface area contributed by atoms with Crippen LogP contribution in [0.1, 0.15) is 113 Å².